The first-order valence-corrected chi connectivity index (χ1v) is 16.8. The Balaban J connectivity index is 0.000000296. The Labute approximate surface area is 264 Å². The number of hydrogen-bond acceptors (Lipinski definition) is 7. The molecule has 1 aliphatic rings. The molecule has 1 aliphatic heterocycles. The minimum Gasteiger partial charge on any atom is -0.744 e. The molecule has 6 rings (SSSR count). The van der Waals surface area contributed by atoms with E-state index in [1.807, 2.05) is 31.3 Å². The first kappa shape index (κ1) is 31.2. The Morgan fingerprint density at radius 1 is 0.955 bits per heavy atom. The predicted molar refractivity (Wildman–Crippen MR) is 179 cm³/mol. The van der Waals surface area contributed by atoms with Gasteiger partial charge in [-0.05, 0) is 42.7 Å². The number of nitrogens with zero attached hydrogens (tertiary/aromatic N) is 3. The minimum absolute atomic E-state index is 0.0174. The van der Waals surface area contributed by atoms with Crippen LogP contribution in [0.25, 0.3) is 21.9 Å². The summed E-state index contributed by atoms with van der Waals surface area (Å²) < 4.78 is 36.7. The zero-order valence-corrected chi connectivity index (χ0v) is 26.8. The molecule has 5 aromatic rings. The second kappa shape index (κ2) is 13.2. The third kappa shape index (κ3) is 6.48. The van der Waals surface area contributed by atoms with E-state index < -0.39 is 10.1 Å². The number of thiazole rings is 1. The van der Waals surface area contributed by atoms with Crippen molar-refractivity contribution in [1.29, 1.82) is 0 Å². The monoisotopic (exact) mass is 641 g/mol. The second-order valence-corrected chi connectivity index (χ2v) is 13.5. The van der Waals surface area contributed by atoms with E-state index in [9.17, 15) is 17.8 Å². The smallest absolute Gasteiger partial charge is 0.272 e. The van der Waals surface area contributed by atoms with Crippen LogP contribution in [0.2, 0.25) is 0 Å². The highest BCUT2D eigenvalue weighted by Crippen LogP contribution is 2.48. The fourth-order valence-electron chi connectivity index (χ4n) is 4.86. The summed E-state index contributed by atoms with van der Waals surface area (Å²) in [6, 6.07) is 24.5. The fourth-order valence-corrected chi connectivity index (χ4v) is 7.76. The second-order valence-electron chi connectivity index (χ2n) is 10.1. The molecular weight excluding hydrogens is 611 g/mol. The molecule has 0 amide bonds. The lowest BCUT2D eigenvalue weighted by Crippen LogP contribution is -2.37. The van der Waals surface area contributed by atoms with Gasteiger partial charge in [-0.15, -0.1) is 17.9 Å². The molecule has 7 nitrogen and oxygen atoms in total. The van der Waals surface area contributed by atoms with E-state index in [1.165, 1.54) is 39.1 Å². The molecule has 2 aromatic heterocycles. The van der Waals surface area contributed by atoms with E-state index >= 15 is 0 Å². The number of aryl methyl sites for hydroxylation is 1. The number of thioether (sulfide) groups is 1. The van der Waals surface area contributed by atoms with Crippen molar-refractivity contribution in [3.05, 3.63) is 141 Å². The largest absolute Gasteiger partial charge is 0.744 e. The third-order valence-electron chi connectivity index (χ3n) is 7.01. The first-order chi connectivity index (χ1) is 21.1. The molecule has 0 saturated carbocycles. The Bertz CT molecular complexity index is 2170. The van der Waals surface area contributed by atoms with Crippen molar-refractivity contribution in [2.24, 2.45) is 0 Å². The van der Waals surface area contributed by atoms with Crippen LogP contribution in [-0.2, 0) is 23.2 Å². The molecule has 0 N–H and O–H groups in total. The number of anilines is 1. The summed E-state index contributed by atoms with van der Waals surface area (Å²) in [5, 5.41) is 3.37. The van der Waals surface area contributed by atoms with Crippen LogP contribution in [0.1, 0.15) is 11.3 Å². The molecule has 0 radical (unpaired) electrons. The van der Waals surface area contributed by atoms with Crippen molar-refractivity contribution in [2.45, 2.75) is 29.8 Å². The van der Waals surface area contributed by atoms with Gasteiger partial charge in [-0.3, -0.25) is 9.36 Å². The molecule has 0 bridgehead atoms. The van der Waals surface area contributed by atoms with Crippen molar-refractivity contribution in [3.63, 3.8) is 0 Å². The van der Waals surface area contributed by atoms with Crippen molar-refractivity contribution in [2.75, 3.05) is 11.9 Å². The Hall–Kier alpha value is -4.22. The molecule has 0 aliphatic carbocycles. The average Bonchev–Trinajstić information content (AvgIpc) is 3.50. The zero-order valence-electron chi connectivity index (χ0n) is 24.3. The molecule has 0 saturated heterocycles. The van der Waals surface area contributed by atoms with Crippen LogP contribution in [0.3, 0.4) is 0 Å². The number of hydrogen-bond donors (Lipinski definition) is 0. The molecule has 224 valence electrons. The summed E-state index contributed by atoms with van der Waals surface area (Å²) in [5.41, 5.74) is 3.13. The summed E-state index contributed by atoms with van der Waals surface area (Å²) >= 11 is 3.20. The van der Waals surface area contributed by atoms with Crippen molar-refractivity contribution >= 4 is 60.8 Å². The van der Waals surface area contributed by atoms with E-state index in [0.29, 0.717) is 13.1 Å². The van der Waals surface area contributed by atoms with Gasteiger partial charge in [-0.25, -0.2) is 8.42 Å². The van der Waals surface area contributed by atoms with Crippen LogP contribution in [0.4, 0.5) is 5.69 Å². The normalized spacial score (nSPS) is 14.2. The van der Waals surface area contributed by atoms with Crippen LogP contribution in [0.5, 0.6) is 0 Å². The van der Waals surface area contributed by atoms with Gasteiger partial charge in [0.2, 0.25) is 5.69 Å². The number of pyridine rings is 1. The number of fused-ring (bicyclic) bond motifs is 3. The highest BCUT2D eigenvalue weighted by atomic mass is 32.2. The molecule has 44 heavy (non-hydrogen) atoms. The highest BCUT2D eigenvalue weighted by molar-refractivity contribution is 8.08. The maximum absolute atomic E-state index is 13.5. The average molecular weight is 642 g/mol. The van der Waals surface area contributed by atoms with Crippen LogP contribution >= 0.6 is 23.1 Å². The summed E-state index contributed by atoms with van der Waals surface area (Å²) in [5.74, 6) is 0. The number of aromatic nitrogens is 2. The summed E-state index contributed by atoms with van der Waals surface area (Å²) in [4.78, 5) is 16.7. The van der Waals surface area contributed by atoms with Gasteiger partial charge in [-0.2, -0.15) is 4.57 Å². The molecule has 0 atom stereocenters. The van der Waals surface area contributed by atoms with E-state index in [4.69, 9.17) is 0 Å². The van der Waals surface area contributed by atoms with E-state index in [-0.39, 0.29) is 10.5 Å². The van der Waals surface area contributed by atoms with Crippen LogP contribution < -0.4 is 24.2 Å². The van der Waals surface area contributed by atoms with Gasteiger partial charge in [0, 0.05) is 42.1 Å². The van der Waals surface area contributed by atoms with Crippen molar-refractivity contribution < 1.29 is 17.5 Å². The van der Waals surface area contributed by atoms with Crippen molar-refractivity contribution in [3.8, 4) is 0 Å². The lowest BCUT2D eigenvalue weighted by atomic mass is 10.1. The van der Waals surface area contributed by atoms with Gasteiger partial charge in [-0.1, -0.05) is 72.4 Å². The maximum Gasteiger partial charge on any atom is 0.272 e. The number of rotatable bonds is 6. The van der Waals surface area contributed by atoms with Gasteiger partial charge < -0.3 is 9.45 Å². The Morgan fingerprint density at radius 3 is 2.39 bits per heavy atom. The van der Waals surface area contributed by atoms with Crippen LogP contribution in [0.15, 0.2) is 125 Å². The van der Waals surface area contributed by atoms with Gasteiger partial charge in [0.25, 0.3) is 5.56 Å². The van der Waals surface area contributed by atoms with Gasteiger partial charge >= 0.3 is 0 Å². The van der Waals surface area contributed by atoms with Gasteiger partial charge in [0.05, 0.1) is 10.6 Å². The molecule has 0 fully saturated rings. The van der Waals surface area contributed by atoms with E-state index in [2.05, 4.69) is 78.2 Å². The Morgan fingerprint density at radius 2 is 1.68 bits per heavy atom. The van der Waals surface area contributed by atoms with Gasteiger partial charge in [0.1, 0.15) is 24.3 Å². The first-order valence-electron chi connectivity index (χ1n) is 13.7. The Kier molecular flexibility index (Phi) is 9.36. The molecule has 10 heteroatoms. The topological polar surface area (TPSA) is 86.3 Å². The van der Waals surface area contributed by atoms with Crippen molar-refractivity contribution in [1.82, 2.24) is 4.57 Å². The summed E-state index contributed by atoms with van der Waals surface area (Å²) in [6.45, 7) is 10.7. The standard InChI is InChI=1S/C27H24N3OS2.C7H8O3S/c1-4-15-29-17-9-8-11-20(29)18-23-30(16-5-2)26(31)25(33-23)27-28(3)24-21-12-7-6-10-19(21)13-14-22(24)32-27;1-6-2-4-7(5-3-6)11(8,9)10/h4-14,17-18H,1-2,15-16H2,3H3;2-5H,1H3,(H,8,9,10)/q+1;/p-1/b27-25-;. The van der Waals surface area contributed by atoms with Crippen LogP contribution in [-0.4, -0.2) is 24.6 Å². The molecule has 3 heterocycles. The molecule has 3 aromatic carbocycles. The van der Waals surface area contributed by atoms with E-state index in [0.717, 1.165) is 31.2 Å². The van der Waals surface area contributed by atoms with Gasteiger partial charge in [0.15, 0.2) is 12.7 Å². The number of allylic oxidation sites excluding steroid dienone is 2. The summed E-state index contributed by atoms with van der Waals surface area (Å²) in [7, 11) is -2.22. The maximum atomic E-state index is 13.5. The molecule has 0 spiro atoms. The zero-order chi connectivity index (χ0) is 31.4. The quantitative estimate of drug-likeness (QED) is 0.151. The molecular formula is C34H31N3O4S3. The molecule has 0 unspecified atom stereocenters. The van der Waals surface area contributed by atoms with Crippen LogP contribution in [0, 0.1) is 6.92 Å². The lowest BCUT2D eigenvalue weighted by Gasteiger charge is -2.15. The SMILES string of the molecule is C=CCn1c(=O)/c(=C2/Sc3ccc4ccccc4c3N2C)s/c1=C/c1cccc[n+]1CC=C.Cc1ccc(S(=O)(=O)[O-])cc1. The predicted octanol–water partition coefficient (Wildman–Crippen LogP) is 4.76. The lowest BCUT2D eigenvalue weighted by molar-refractivity contribution is -0.688. The highest BCUT2D eigenvalue weighted by Gasteiger charge is 2.26. The van der Waals surface area contributed by atoms with E-state index in [1.54, 1.807) is 34.5 Å². The summed E-state index contributed by atoms with van der Waals surface area (Å²) in [6.07, 6.45) is 7.74. The number of benzene rings is 3. The third-order valence-corrected chi connectivity index (χ3v) is 10.3. The fraction of sp³-hybridized carbons (Fsp3) is 0.118. The minimum atomic E-state index is -4.27.